The van der Waals surface area contributed by atoms with Crippen LogP contribution in [0.15, 0.2) is 77.8 Å². The summed E-state index contributed by atoms with van der Waals surface area (Å²) in [7, 11) is 4.05. The lowest BCUT2D eigenvalue weighted by atomic mass is 10.0. The Morgan fingerprint density at radius 3 is 2.37 bits per heavy atom. The molecule has 4 rings (SSSR count). The molecule has 1 heterocycles. The largest absolute Gasteiger partial charge is 0.494 e. The first-order valence-corrected chi connectivity index (χ1v) is 11.9. The first-order chi connectivity index (χ1) is 16.8. The molecule has 2 N–H and O–H groups in total. The zero-order chi connectivity index (χ0) is 24.9. The summed E-state index contributed by atoms with van der Waals surface area (Å²) in [5.41, 5.74) is 4.41. The highest BCUT2D eigenvalue weighted by molar-refractivity contribution is 6.31. The molecule has 180 valence electrons. The lowest BCUT2D eigenvalue weighted by Crippen LogP contribution is -2.31. The summed E-state index contributed by atoms with van der Waals surface area (Å²) in [4.78, 5) is 24.1. The maximum absolute atomic E-state index is 12.3. The minimum Gasteiger partial charge on any atom is -0.494 e. The van der Waals surface area contributed by atoms with Crippen molar-refractivity contribution in [3.63, 3.8) is 0 Å². The molecule has 6 nitrogen and oxygen atoms in total. The SMILES string of the molecule is CC(=O)N(CCCN(C)C)c1ccc(N=C(c2ccccc2)c2c(O)[nH]c3cc(Cl)ccc23)cc1. The van der Waals surface area contributed by atoms with Crippen molar-refractivity contribution >= 4 is 45.5 Å². The number of aromatic nitrogens is 1. The summed E-state index contributed by atoms with van der Waals surface area (Å²) in [6.07, 6.45) is 0.883. The third-order valence-electron chi connectivity index (χ3n) is 5.79. The molecule has 0 aliphatic heterocycles. The average molecular weight is 489 g/mol. The second kappa shape index (κ2) is 10.8. The Kier molecular flexibility index (Phi) is 7.54. The lowest BCUT2D eigenvalue weighted by molar-refractivity contribution is -0.116. The molecule has 0 aliphatic carbocycles. The molecule has 0 atom stereocenters. The number of hydrogen-bond donors (Lipinski definition) is 2. The number of nitrogens with zero attached hydrogens (tertiary/aromatic N) is 3. The van der Waals surface area contributed by atoms with Crippen molar-refractivity contribution in [2.75, 3.05) is 32.1 Å². The van der Waals surface area contributed by atoms with Crippen molar-refractivity contribution in [3.05, 3.63) is 88.9 Å². The van der Waals surface area contributed by atoms with E-state index in [9.17, 15) is 9.90 Å². The monoisotopic (exact) mass is 488 g/mol. The number of amides is 1. The molecule has 3 aromatic carbocycles. The summed E-state index contributed by atoms with van der Waals surface area (Å²) in [6, 6.07) is 22.8. The summed E-state index contributed by atoms with van der Waals surface area (Å²) in [6.45, 7) is 3.14. The number of rotatable bonds is 8. The molecule has 0 aliphatic rings. The molecular weight excluding hydrogens is 460 g/mol. The highest BCUT2D eigenvalue weighted by Gasteiger charge is 2.19. The Balaban J connectivity index is 1.73. The number of nitrogens with one attached hydrogen (secondary N) is 1. The van der Waals surface area contributed by atoms with Gasteiger partial charge in [-0.25, -0.2) is 4.99 Å². The number of fused-ring (bicyclic) bond motifs is 1. The third-order valence-corrected chi connectivity index (χ3v) is 6.03. The van der Waals surface area contributed by atoms with Crippen molar-refractivity contribution in [2.45, 2.75) is 13.3 Å². The van der Waals surface area contributed by atoms with Crippen LogP contribution < -0.4 is 4.90 Å². The summed E-state index contributed by atoms with van der Waals surface area (Å²) in [5.74, 6) is 0.0393. The molecule has 0 bridgehead atoms. The van der Waals surface area contributed by atoms with Crippen molar-refractivity contribution in [2.24, 2.45) is 4.99 Å². The topological polar surface area (TPSA) is 71.9 Å². The third kappa shape index (κ3) is 5.73. The van der Waals surface area contributed by atoms with Gasteiger partial charge in [0.25, 0.3) is 0 Å². The number of carbonyl (C=O) groups is 1. The number of hydrogen-bond acceptors (Lipinski definition) is 4. The molecule has 0 fully saturated rings. The number of carbonyl (C=O) groups excluding carboxylic acids is 1. The van der Waals surface area contributed by atoms with Crippen molar-refractivity contribution < 1.29 is 9.90 Å². The van der Waals surface area contributed by atoms with Crippen LogP contribution in [0.2, 0.25) is 5.02 Å². The first kappa shape index (κ1) is 24.5. The molecule has 0 spiro atoms. The lowest BCUT2D eigenvalue weighted by Gasteiger charge is -2.22. The molecule has 35 heavy (non-hydrogen) atoms. The fourth-order valence-corrected chi connectivity index (χ4v) is 4.28. The van der Waals surface area contributed by atoms with E-state index in [0.717, 1.165) is 35.1 Å². The van der Waals surface area contributed by atoms with Gasteiger partial charge in [-0.1, -0.05) is 48.0 Å². The van der Waals surface area contributed by atoms with Crippen molar-refractivity contribution in [1.29, 1.82) is 0 Å². The maximum atomic E-state index is 12.3. The van der Waals surface area contributed by atoms with Crippen LogP contribution in [-0.4, -0.2) is 53.8 Å². The highest BCUT2D eigenvalue weighted by Crippen LogP contribution is 2.33. The molecule has 0 saturated heterocycles. The second-order valence-electron chi connectivity index (χ2n) is 8.71. The standard InChI is InChI=1S/C28H29ClN4O2/c1-19(34)33(17-7-16-32(2)3)23-13-11-22(12-14-23)30-27(20-8-5-4-6-9-20)26-24-15-10-21(29)18-25(24)31-28(26)35/h4-6,8-15,18,31,35H,7,16-17H2,1-3H3. The Hall–Kier alpha value is -3.61. The van der Waals surface area contributed by atoms with Gasteiger partial charge in [0.1, 0.15) is 0 Å². The van der Waals surface area contributed by atoms with Crippen LogP contribution >= 0.6 is 11.6 Å². The molecule has 4 aromatic rings. The van der Waals surface area contributed by atoms with Gasteiger partial charge in [0.05, 0.1) is 22.5 Å². The molecule has 0 radical (unpaired) electrons. The van der Waals surface area contributed by atoms with Gasteiger partial charge in [0, 0.05) is 35.1 Å². The quantitative estimate of drug-likeness (QED) is 0.299. The molecular formula is C28H29ClN4O2. The van der Waals surface area contributed by atoms with Gasteiger partial charge in [-0.2, -0.15) is 0 Å². The van der Waals surface area contributed by atoms with Crippen molar-refractivity contribution in [3.8, 4) is 5.88 Å². The average Bonchev–Trinajstić information content (AvgIpc) is 3.15. The predicted molar refractivity (Wildman–Crippen MR) is 144 cm³/mol. The Bertz CT molecular complexity index is 1340. The van der Waals surface area contributed by atoms with E-state index in [0.29, 0.717) is 28.5 Å². The van der Waals surface area contributed by atoms with Crippen LogP contribution in [0, 0.1) is 0 Å². The number of anilines is 1. The van der Waals surface area contributed by atoms with Crippen LogP contribution in [0.5, 0.6) is 5.88 Å². The molecule has 1 amide bonds. The summed E-state index contributed by atoms with van der Waals surface area (Å²) in [5, 5.41) is 12.2. The van der Waals surface area contributed by atoms with E-state index in [4.69, 9.17) is 16.6 Å². The van der Waals surface area contributed by atoms with E-state index in [1.54, 1.807) is 24.0 Å². The Morgan fingerprint density at radius 1 is 1.00 bits per heavy atom. The minimum atomic E-state index is 0.00681. The molecule has 0 unspecified atom stereocenters. The summed E-state index contributed by atoms with van der Waals surface area (Å²) < 4.78 is 0. The number of aromatic amines is 1. The van der Waals surface area contributed by atoms with Gasteiger partial charge >= 0.3 is 0 Å². The molecule has 0 saturated carbocycles. The van der Waals surface area contributed by atoms with Gasteiger partial charge in [-0.15, -0.1) is 0 Å². The van der Waals surface area contributed by atoms with E-state index in [1.807, 2.05) is 74.8 Å². The Labute approximate surface area is 210 Å². The van der Waals surface area contributed by atoms with E-state index >= 15 is 0 Å². The molecule has 7 heteroatoms. The normalized spacial score (nSPS) is 11.9. The number of aromatic hydroxyl groups is 1. The minimum absolute atomic E-state index is 0.00681. The van der Waals surface area contributed by atoms with Crippen LogP contribution in [0.3, 0.4) is 0 Å². The smallest absolute Gasteiger partial charge is 0.223 e. The fraction of sp³-hybridized carbons (Fsp3) is 0.214. The van der Waals surface area contributed by atoms with Crippen LogP contribution in [0.1, 0.15) is 24.5 Å². The van der Waals surface area contributed by atoms with Gasteiger partial charge in [-0.3, -0.25) is 4.79 Å². The van der Waals surface area contributed by atoms with Crippen LogP contribution in [-0.2, 0) is 4.79 Å². The van der Waals surface area contributed by atoms with E-state index in [2.05, 4.69) is 9.88 Å². The maximum Gasteiger partial charge on any atom is 0.223 e. The number of benzene rings is 3. The Morgan fingerprint density at radius 2 is 1.71 bits per heavy atom. The summed E-state index contributed by atoms with van der Waals surface area (Å²) >= 11 is 6.15. The predicted octanol–water partition coefficient (Wildman–Crippen LogP) is 6.00. The number of aliphatic imine (C=N–C) groups is 1. The van der Waals surface area contributed by atoms with Gasteiger partial charge in [-0.05, 0) is 63.5 Å². The van der Waals surface area contributed by atoms with E-state index < -0.39 is 0 Å². The van der Waals surface area contributed by atoms with Gasteiger partial charge < -0.3 is 19.9 Å². The molecule has 1 aromatic heterocycles. The highest BCUT2D eigenvalue weighted by atomic mass is 35.5. The van der Waals surface area contributed by atoms with E-state index in [-0.39, 0.29) is 11.8 Å². The van der Waals surface area contributed by atoms with Crippen LogP contribution in [0.4, 0.5) is 11.4 Å². The number of halogens is 1. The fourth-order valence-electron chi connectivity index (χ4n) is 4.11. The van der Waals surface area contributed by atoms with E-state index in [1.165, 1.54) is 0 Å². The number of H-pyrrole nitrogens is 1. The van der Waals surface area contributed by atoms with Gasteiger partial charge in [0.15, 0.2) is 5.88 Å². The first-order valence-electron chi connectivity index (χ1n) is 11.5. The zero-order valence-electron chi connectivity index (χ0n) is 20.1. The van der Waals surface area contributed by atoms with Crippen molar-refractivity contribution in [1.82, 2.24) is 9.88 Å². The second-order valence-corrected chi connectivity index (χ2v) is 9.15. The zero-order valence-corrected chi connectivity index (χ0v) is 20.9. The van der Waals surface area contributed by atoms with Crippen LogP contribution in [0.25, 0.3) is 10.9 Å². The van der Waals surface area contributed by atoms with Gasteiger partial charge in [0.2, 0.25) is 5.91 Å².